The van der Waals surface area contributed by atoms with Crippen LogP contribution >= 0.6 is 0 Å². The number of non-ortho nitro benzene ring substituents is 1. The zero-order chi connectivity index (χ0) is 38.0. The average Bonchev–Trinajstić information content (AvgIpc) is 3.55. The number of anilines is 1. The van der Waals surface area contributed by atoms with E-state index in [-0.39, 0.29) is 23.5 Å². The maximum absolute atomic E-state index is 15.4. The van der Waals surface area contributed by atoms with E-state index in [0.717, 1.165) is 18.1 Å². The number of fused-ring (bicyclic) bond motifs is 1. The van der Waals surface area contributed by atoms with E-state index in [1.807, 2.05) is 0 Å². The van der Waals surface area contributed by atoms with Gasteiger partial charge in [0.05, 0.1) is 36.2 Å². The first-order valence-corrected chi connectivity index (χ1v) is 16.7. The molecular formula is C38H39N3O11. The zero-order valence-electron chi connectivity index (χ0n) is 29.3. The third-order valence-corrected chi connectivity index (χ3v) is 9.62. The summed E-state index contributed by atoms with van der Waals surface area (Å²) in [5.74, 6) is -6.88. The normalized spacial score (nSPS) is 24.0. The van der Waals surface area contributed by atoms with Crippen LogP contribution in [0, 0.1) is 38.0 Å². The molecule has 14 heteroatoms. The van der Waals surface area contributed by atoms with Gasteiger partial charge in [0.2, 0.25) is 6.04 Å². The van der Waals surface area contributed by atoms with Gasteiger partial charge in [-0.2, -0.15) is 0 Å². The molecule has 0 saturated heterocycles. The molecule has 14 nitrogen and oxygen atoms in total. The van der Waals surface area contributed by atoms with E-state index in [0.29, 0.717) is 11.1 Å². The van der Waals surface area contributed by atoms with Gasteiger partial charge in [-0.3, -0.25) is 29.8 Å². The molecule has 1 aliphatic heterocycles. The molecule has 2 aliphatic rings. The number of amides is 2. The molecule has 0 bridgehead atoms. The van der Waals surface area contributed by atoms with Crippen LogP contribution in [-0.4, -0.2) is 59.1 Å². The van der Waals surface area contributed by atoms with Crippen LogP contribution in [0.4, 0.5) is 16.2 Å². The molecule has 0 N–H and O–H groups in total. The quantitative estimate of drug-likeness (QED) is 0.0773. The predicted octanol–water partition coefficient (Wildman–Crippen LogP) is 6.14. The fraction of sp³-hybridized carbons (Fsp3) is 0.368. The van der Waals surface area contributed by atoms with E-state index in [1.54, 1.807) is 82.3 Å². The predicted molar refractivity (Wildman–Crippen MR) is 187 cm³/mol. The topological polar surface area (TPSA) is 185 Å². The summed E-state index contributed by atoms with van der Waals surface area (Å²) in [5.41, 5.74) is -2.17. The van der Waals surface area contributed by atoms with E-state index in [2.05, 4.69) is 0 Å². The Bertz CT molecular complexity index is 1900. The molecule has 5 rings (SSSR count). The first-order chi connectivity index (χ1) is 24.7. The molecule has 1 aliphatic carbocycles. The smallest absolute Gasteiger partial charge is 0.421 e. The van der Waals surface area contributed by atoms with E-state index in [9.17, 15) is 34.6 Å². The van der Waals surface area contributed by atoms with Gasteiger partial charge in [0.15, 0.2) is 0 Å². The molecule has 6 atom stereocenters. The van der Waals surface area contributed by atoms with Crippen molar-refractivity contribution in [2.24, 2.45) is 17.8 Å². The van der Waals surface area contributed by atoms with Crippen LogP contribution in [-0.2, 0) is 34.0 Å². The summed E-state index contributed by atoms with van der Waals surface area (Å²) in [6.07, 6.45) is 1.12. The van der Waals surface area contributed by atoms with Crippen LogP contribution in [0.2, 0.25) is 0 Å². The Morgan fingerprint density at radius 2 is 1.58 bits per heavy atom. The Hall–Kier alpha value is -5.92. The van der Waals surface area contributed by atoms with Crippen molar-refractivity contribution in [3.63, 3.8) is 0 Å². The second-order valence-electron chi connectivity index (χ2n) is 13.6. The number of nitro groups is 2. The summed E-state index contributed by atoms with van der Waals surface area (Å²) in [6.45, 7) is 6.54. The number of rotatable bonds is 10. The summed E-state index contributed by atoms with van der Waals surface area (Å²) >= 11 is 0. The largest absolute Gasteiger partial charge is 0.466 e. The number of carbonyl (C=O) groups is 4. The molecule has 52 heavy (non-hydrogen) atoms. The van der Waals surface area contributed by atoms with E-state index in [1.165, 1.54) is 30.3 Å². The van der Waals surface area contributed by atoms with Gasteiger partial charge in [0.25, 0.3) is 11.6 Å². The molecule has 0 unspecified atom stereocenters. The molecule has 0 radical (unpaired) electrons. The van der Waals surface area contributed by atoms with Crippen molar-refractivity contribution in [1.82, 2.24) is 0 Å². The molecule has 1 fully saturated rings. The highest BCUT2D eigenvalue weighted by atomic mass is 16.6. The number of hydrogen-bond donors (Lipinski definition) is 0. The number of nitrogens with zero attached hydrogens (tertiary/aromatic N) is 3. The second-order valence-corrected chi connectivity index (χ2v) is 13.6. The van der Waals surface area contributed by atoms with Crippen LogP contribution in [0.1, 0.15) is 56.7 Å². The molecule has 1 saturated carbocycles. The van der Waals surface area contributed by atoms with Crippen molar-refractivity contribution in [1.29, 1.82) is 0 Å². The standard InChI is InChI=1S/C38H39N3O11/c1-6-51-31(43)22-27-26(20-21-30(42)50-5)32(23-16-18-25(19-17-23)40(46)47)34(41(48)49)33(27)38(24-12-8-7-9-13-24)28-14-10-11-15-29(28)39(35(38)44)36(45)52-37(2,3)4/h7-21,26-27,32-34H,6,22H2,1-5H3/b21-20+/t26-,27-,32+,33+,34+,38-/m0/s1. The van der Waals surface area contributed by atoms with E-state index < -0.39 is 80.9 Å². The Morgan fingerprint density at radius 3 is 2.15 bits per heavy atom. The number of allylic oxidation sites excluding steroid dienone is 1. The minimum absolute atomic E-state index is 0.00134. The van der Waals surface area contributed by atoms with Crippen molar-refractivity contribution in [2.75, 3.05) is 18.6 Å². The number of benzene rings is 3. The van der Waals surface area contributed by atoms with Gasteiger partial charge in [0.1, 0.15) is 11.0 Å². The number of hydrogen-bond acceptors (Lipinski definition) is 11. The van der Waals surface area contributed by atoms with E-state index in [4.69, 9.17) is 14.2 Å². The lowest BCUT2D eigenvalue weighted by Gasteiger charge is -2.39. The third-order valence-electron chi connectivity index (χ3n) is 9.62. The zero-order valence-corrected chi connectivity index (χ0v) is 29.3. The summed E-state index contributed by atoms with van der Waals surface area (Å²) < 4.78 is 15.9. The van der Waals surface area contributed by atoms with Gasteiger partial charge < -0.3 is 14.2 Å². The second kappa shape index (κ2) is 14.7. The third kappa shape index (κ3) is 6.75. The van der Waals surface area contributed by atoms with Crippen LogP contribution < -0.4 is 4.90 Å². The van der Waals surface area contributed by atoms with Crippen molar-refractivity contribution in [3.05, 3.63) is 128 Å². The van der Waals surface area contributed by atoms with E-state index >= 15 is 4.79 Å². The Morgan fingerprint density at radius 1 is 0.942 bits per heavy atom. The van der Waals surface area contributed by atoms with Gasteiger partial charge in [-0.1, -0.05) is 66.7 Å². The number of para-hydroxylation sites is 1. The average molecular weight is 714 g/mol. The molecular weight excluding hydrogens is 674 g/mol. The van der Waals surface area contributed by atoms with Crippen molar-refractivity contribution in [3.8, 4) is 0 Å². The molecule has 272 valence electrons. The molecule has 1 heterocycles. The summed E-state index contributed by atoms with van der Waals surface area (Å²) in [7, 11) is 1.16. The molecule has 2 amide bonds. The lowest BCUT2D eigenvalue weighted by molar-refractivity contribution is -0.534. The lowest BCUT2D eigenvalue weighted by atomic mass is 9.60. The van der Waals surface area contributed by atoms with Crippen LogP contribution in [0.3, 0.4) is 0 Å². The first kappa shape index (κ1) is 37.3. The number of esters is 2. The maximum Gasteiger partial charge on any atom is 0.421 e. The number of methoxy groups -OCH3 is 1. The minimum atomic E-state index is -1.96. The minimum Gasteiger partial charge on any atom is -0.466 e. The van der Waals surface area contributed by atoms with Crippen molar-refractivity contribution < 1.29 is 43.2 Å². The molecule has 3 aromatic carbocycles. The summed E-state index contributed by atoms with van der Waals surface area (Å²) in [5, 5.41) is 25.2. The van der Waals surface area contributed by atoms with Crippen molar-refractivity contribution >= 4 is 35.3 Å². The van der Waals surface area contributed by atoms with Crippen molar-refractivity contribution in [2.45, 2.75) is 57.1 Å². The number of ether oxygens (including phenoxy) is 3. The Labute approximate surface area is 299 Å². The SMILES string of the molecule is CCOC(=O)C[C@H]1[C@H](/C=C/C(=O)OC)[C@@H](c2ccc([N+](=O)[O-])cc2)[C@@H]([N+](=O)[O-])[C@@H]1[C@@]1(c2ccccc2)C(=O)N(C(=O)OC(C)(C)C)c2ccccc21. The van der Waals surface area contributed by atoms with Gasteiger partial charge >= 0.3 is 18.0 Å². The van der Waals surface area contributed by atoms with Crippen LogP contribution in [0.25, 0.3) is 0 Å². The first-order valence-electron chi connectivity index (χ1n) is 16.7. The molecule has 3 aromatic rings. The van der Waals surface area contributed by atoms with Crippen LogP contribution in [0.15, 0.2) is 91.0 Å². The number of nitro benzene ring substituents is 1. The van der Waals surface area contributed by atoms with Gasteiger partial charge in [0, 0.05) is 29.6 Å². The molecule has 0 aromatic heterocycles. The van der Waals surface area contributed by atoms with Crippen LogP contribution in [0.5, 0.6) is 0 Å². The number of carbonyl (C=O) groups excluding carboxylic acids is 4. The maximum atomic E-state index is 15.4. The monoisotopic (exact) mass is 713 g/mol. The Balaban J connectivity index is 1.89. The molecule has 0 spiro atoms. The van der Waals surface area contributed by atoms with Gasteiger partial charge in [-0.05, 0) is 62.3 Å². The summed E-state index contributed by atoms with van der Waals surface area (Å²) in [4.78, 5) is 80.4. The Kier molecular flexibility index (Phi) is 10.6. The van der Waals surface area contributed by atoms with Gasteiger partial charge in [-0.15, -0.1) is 0 Å². The number of imide groups is 1. The fourth-order valence-corrected chi connectivity index (χ4v) is 7.87. The highest BCUT2D eigenvalue weighted by Gasteiger charge is 2.70. The highest BCUT2D eigenvalue weighted by molar-refractivity contribution is 6.22. The summed E-state index contributed by atoms with van der Waals surface area (Å²) in [6, 6.07) is 18.4. The lowest BCUT2D eigenvalue weighted by Crippen LogP contribution is -2.54. The fourth-order valence-electron chi connectivity index (χ4n) is 7.87. The van der Waals surface area contributed by atoms with Gasteiger partial charge in [-0.25, -0.2) is 14.5 Å². The highest BCUT2D eigenvalue weighted by Crippen LogP contribution is 2.62.